The number of nitrogens with zero attached hydrogens (tertiary/aromatic N) is 4. The fraction of sp³-hybridized carbons (Fsp3) is 0.171. The molecule has 8 aromatic carbocycles. The number of carboxylic acids is 2. The van der Waals surface area contributed by atoms with Crippen molar-refractivity contribution in [3.05, 3.63) is 229 Å². The van der Waals surface area contributed by atoms with Gasteiger partial charge in [-0.1, -0.05) is 60.7 Å². The van der Waals surface area contributed by atoms with Crippen LogP contribution < -0.4 is 50.5 Å². The molecule has 2 aliphatic rings. The van der Waals surface area contributed by atoms with Crippen LogP contribution in [0, 0.1) is 22.5 Å². The molecule has 8 N–H and O–H groups in total. The van der Waals surface area contributed by atoms with Gasteiger partial charge in [0.05, 0.1) is 39.5 Å². The van der Waals surface area contributed by atoms with E-state index in [1.807, 2.05) is 101 Å². The van der Waals surface area contributed by atoms with Crippen LogP contribution in [0.4, 0.5) is 31.5 Å². The summed E-state index contributed by atoms with van der Waals surface area (Å²) in [6.45, 7) is 1.77. The number of hydrogen-bond donors (Lipinski definition) is 6. The van der Waals surface area contributed by atoms with E-state index in [0.717, 1.165) is 27.4 Å². The zero-order chi connectivity index (χ0) is 65.4. The summed E-state index contributed by atoms with van der Waals surface area (Å²) in [6.07, 6.45) is 3.34. The van der Waals surface area contributed by atoms with Crippen LogP contribution in [0.2, 0.25) is 0 Å². The van der Waals surface area contributed by atoms with Gasteiger partial charge >= 0.3 is 11.9 Å². The molecule has 10 aromatic rings. The largest absolute Gasteiger partial charge is 0.493 e. The van der Waals surface area contributed by atoms with E-state index in [1.165, 1.54) is 48.5 Å². The highest BCUT2D eigenvalue weighted by molar-refractivity contribution is 6.16. The van der Waals surface area contributed by atoms with Crippen LogP contribution in [-0.2, 0) is 32.3 Å². The number of carbonyl (C=O) groups excluding carboxylic acids is 2. The number of ether oxygens (including phenoxy) is 6. The van der Waals surface area contributed by atoms with E-state index in [1.54, 1.807) is 95.4 Å². The van der Waals surface area contributed by atoms with Gasteiger partial charge in [-0.2, -0.15) is 0 Å². The van der Waals surface area contributed by atoms with Gasteiger partial charge in [0.2, 0.25) is 11.8 Å². The van der Waals surface area contributed by atoms with Gasteiger partial charge in [-0.15, -0.1) is 0 Å². The zero-order valence-corrected chi connectivity index (χ0v) is 50.5. The minimum absolute atomic E-state index is 0.0621. The van der Waals surface area contributed by atoms with Crippen LogP contribution in [0.25, 0.3) is 21.8 Å². The van der Waals surface area contributed by atoms with Crippen molar-refractivity contribution in [1.82, 2.24) is 19.8 Å². The lowest BCUT2D eigenvalue weighted by molar-refractivity contribution is -0.178. The van der Waals surface area contributed by atoms with Gasteiger partial charge in [-0.05, 0) is 132 Å². The van der Waals surface area contributed by atoms with Crippen molar-refractivity contribution < 1.29 is 66.6 Å². The smallest absolute Gasteiger partial charge is 0.323 e. The third-order valence-corrected chi connectivity index (χ3v) is 15.0. The first-order valence-corrected chi connectivity index (χ1v) is 28.6. The number of nitrogens with one attached hydrogen (secondary N) is 2. The maximum Gasteiger partial charge on any atom is 0.323 e. The fourth-order valence-electron chi connectivity index (χ4n) is 10.1. The number of amides is 2. The average molecular weight is 1250 g/mol. The monoisotopic (exact) mass is 1250 g/mol. The molecule has 22 heteroatoms. The Morgan fingerprint density at radius 1 is 0.457 bits per heavy atom. The fourth-order valence-corrected chi connectivity index (χ4v) is 10.1. The number of halogens is 2. The Kier molecular flexibility index (Phi) is 21.1. The highest BCUT2D eigenvalue weighted by Crippen LogP contribution is 2.40. The van der Waals surface area contributed by atoms with Crippen molar-refractivity contribution in [1.29, 1.82) is 0 Å². The minimum Gasteiger partial charge on any atom is -0.493 e. The van der Waals surface area contributed by atoms with Gasteiger partial charge in [0.25, 0.3) is 0 Å². The lowest BCUT2D eigenvalue weighted by Crippen LogP contribution is -2.66. The van der Waals surface area contributed by atoms with Gasteiger partial charge in [-0.3, -0.25) is 38.9 Å². The second-order valence-electron chi connectivity index (χ2n) is 21.4. The van der Waals surface area contributed by atoms with E-state index in [-0.39, 0.29) is 32.0 Å². The first kappa shape index (κ1) is 65.1. The Morgan fingerprint density at radius 3 is 1.16 bits per heavy atom. The van der Waals surface area contributed by atoms with Crippen molar-refractivity contribution in [2.24, 2.45) is 10.8 Å². The van der Waals surface area contributed by atoms with Gasteiger partial charge in [0, 0.05) is 97.3 Å². The predicted molar refractivity (Wildman–Crippen MR) is 345 cm³/mol. The number of nitrogens with two attached hydrogens (primary N) is 2. The number of pyridine rings is 2. The molecule has 2 fully saturated rings. The highest BCUT2D eigenvalue weighted by atomic mass is 19.1. The van der Waals surface area contributed by atoms with Crippen molar-refractivity contribution >= 4 is 68.3 Å². The molecular formula is C70H66F2N8O12. The Bertz CT molecular complexity index is 4130. The molecule has 0 saturated carbocycles. The van der Waals surface area contributed by atoms with Crippen molar-refractivity contribution in [3.8, 4) is 46.0 Å². The molecule has 92 heavy (non-hydrogen) atoms. The van der Waals surface area contributed by atoms with Gasteiger partial charge in [0.15, 0.2) is 33.8 Å². The van der Waals surface area contributed by atoms with Gasteiger partial charge in [-0.25, -0.2) is 8.78 Å². The van der Waals surface area contributed by atoms with Crippen molar-refractivity contribution in [2.75, 3.05) is 76.7 Å². The normalized spacial score (nSPS) is 13.5. The number of likely N-dealkylation sites (tertiary alicyclic amines) is 2. The summed E-state index contributed by atoms with van der Waals surface area (Å²) in [5, 5.41) is 25.2. The van der Waals surface area contributed by atoms with E-state index < -0.39 is 40.4 Å². The Morgan fingerprint density at radius 2 is 0.793 bits per heavy atom. The molecule has 2 saturated heterocycles. The number of aromatic nitrogens is 2. The number of carbonyl (C=O) groups is 4. The van der Waals surface area contributed by atoms with Crippen LogP contribution in [0.15, 0.2) is 207 Å². The van der Waals surface area contributed by atoms with Crippen molar-refractivity contribution in [3.63, 3.8) is 0 Å². The first-order valence-electron chi connectivity index (χ1n) is 28.6. The molecule has 0 atom stereocenters. The molecule has 0 radical (unpaired) electrons. The number of hydrogen-bond acceptors (Lipinski definition) is 16. The molecule has 0 aliphatic carbocycles. The summed E-state index contributed by atoms with van der Waals surface area (Å²) < 4.78 is 59.0. The van der Waals surface area contributed by atoms with Crippen LogP contribution in [0.3, 0.4) is 0 Å². The topological polar surface area (TPSA) is 272 Å². The number of rotatable bonds is 18. The highest BCUT2D eigenvalue weighted by Gasteiger charge is 2.56. The number of benzene rings is 8. The summed E-state index contributed by atoms with van der Waals surface area (Å²) in [7, 11) is 6.32. The van der Waals surface area contributed by atoms with Crippen LogP contribution >= 0.6 is 0 Å². The maximum absolute atomic E-state index is 13.7. The number of nitrogen functional groups attached to an aromatic ring is 2. The third-order valence-electron chi connectivity index (χ3n) is 15.0. The first-order chi connectivity index (χ1) is 44.4. The van der Waals surface area contributed by atoms with Crippen molar-refractivity contribution in [2.45, 2.75) is 13.1 Å². The number of fused-ring (bicyclic) bond motifs is 2. The predicted octanol–water partition coefficient (Wildman–Crippen LogP) is 12.0. The van der Waals surface area contributed by atoms with Crippen LogP contribution in [0.5, 0.6) is 46.0 Å². The molecule has 4 heterocycles. The lowest BCUT2D eigenvalue weighted by atomic mass is 9.77. The van der Waals surface area contributed by atoms with Gasteiger partial charge < -0.3 is 60.7 Å². The molecule has 2 aliphatic heterocycles. The molecule has 2 aromatic heterocycles. The number of methoxy groups -OCH3 is 4. The molecule has 12 rings (SSSR count). The summed E-state index contributed by atoms with van der Waals surface area (Å²) in [5.41, 5.74) is 13.8. The molecule has 2 amide bonds. The summed E-state index contributed by atoms with van der Waals surface area (Å²) >= 11 is 0. The Labute approximate surface area is 528 Å². The van der Waals surface area contributed by atoms with E-state index in [0.29, 0.717) is 87.4 Å². The minimum atomic E-state index is -1.62. The second kappa shape index (κ2) is 29.8. The third kappa shape index (κ3) is 15.9. The number of aliphatic carboxylic acids is 2. The quantitative estimate of drug-likeness (QED) is 0.0344. The molecule has 0 unspecified atom stereocenters. The average Bonchev–Trinajstić information content (AvgIpc) is 0.790. The summed E-state index contributed by atoms with van der Waals surface area (Å²) in [4.78, 5) is 61.7. The SMILES string of the molecule is COc1cc2nccc(Oc3ccc(N)cc3)c2cc1OC.COc1cc2nccc(Oc3ccc(NC(=O)C4(C(=O)Nc5ccc(F)cc5)CN(Cc5ccccc5)C4)cc3)c2cc1OC.Nc1ccc(F)cc1.O=C(O)C1(C(=O)O)CN(Cc2ccccc2)C1. The number of anilines is 4. The summed E-state index contributed by atoms with van der Waals surface area (Å²) in [5.74, 6) is 0.827. The van der Waals surface area contributed by atoms with E-state index in [9.17, 15) is 28.0 Å². The zero-order valence-electron chi connectivity index (χ0n) is 50.5. The molecule has 0 bridgehead atoms. The molecule has 20 nitrogen and oxygen atoms in total. The molecule has 472 valence electrons. The summed E-state index contributed by atoms with van der Waals surface area (Å²) in [6, 6.07) is 55.5. The maximum atomic E-state index is 13.7. The Balaban J connectivity index is 0.000000174. The van der Waals surface area contributed by atoms with E-state index in [2.05, 4.69) is 20.6 Å². The molecule has 0 spiro atoms. The van der Waals surface area contributed by atoms with Gasteiger partial charge in [0.1, 0.15) is 34.6 Å². The van der Waals surface area contributed by atoms with E-state index in [4.69, 9.17) is 50.1 Å². The number of carboxylic acid groups (broad SMARTS) is 2. The van der Waals surface area contributed by atoms with E-state index >= 15 is 0 Å². The lowest BCUT2D eigenvalue weighted by Gasteiger charge is -2.47. The second-order valence-corrected chi connectivity index (χ2v) is 21.4. The van der Waals surface area contributed by atoms with Crippen LogP contribution in [-0.4, -0.2) is 108 Å². The van der Waals surface area contributed by atoms with Crippen LogP contribution in [0.1, 0.15) is 11.1 Å². The molecular weight excluding hydrogens is 1180 g/mol. The standard InChI is InChI=1S/C35H31FN4O5.C17H16N2O3.C12H13NO4.C6H6FN/c1-43-31-18-28-29(19-32(31)44-2)37-17-16-30(28)45-27-14-12-26(13-15-27)39-34(42)35(33(41)38-25-10-8-24(36)9-11-25)21-40(22-35)20-23-6-4-3-5-7-23;1-20-16-9-13-14(10-17(16)21-2)19-8-7-15(13)22-12-5-3-11(18)4-6-12;14-10(15)12(11(16)17)7-13(8-12)6-9-4-2-1-3-5-9;7-5-1-3-6(8)4-2-5/h3-19H,20-22H2,1-2H3,(H,38,41)(H,39,42);3-10H,18H2,1-2H3;1-5H,6-8H2,(H,14,15)(H,16,17);1-4H,8H2. The Hall–Kier alpha value is -11.4.